The van der Waals surface area contributed by atoms with E-state index < -0.39 is 9.04 Å². The summed E-state index contributed by atoms with van der Waals surface area (Å²) >= 11 is 2.24. The Balaban J connectivity index is 3.54. The molecule has 3 heteroatoms. The molecule has 0 aliphatic heterocycles. The summed E-state index contributed by atoms with van der Waals surface area (Å²) in [6.45, 7) is 6.76. The molecule has 0 rings (SSSR count). The van der Waals surface area contributed by atoms with E-state index in [0.29, 0.717) is 6.10 Å². The van der Waals surface area contributed by atoms with Crippen LogP contribution in [0.2, 0.25) is 18.2 Å². The van der Waals surface area contributed by atoms with E-state index in [4.69, 9.17) is 4.43 Å². The average molecular weight is 180 g/mol. The second-order valence-electron chi connectivity index (χ2n) is 3.74. The Kier molecular flexibility index (Phi) is 8.92. The Bertz CT molecular complexity index is 98.5. The van der Waals surface area contributed by atoms with Crippen LogP contribution in [0.3, 0.4) is 0 Å². The van der Waals surface area contributed by atoms with Gasteiger partial charge in [0, 0.05) is 0 Å². The van der Waals surface area contributed by atoms with Crippen molar-refractivity contribution in [3.05, 3.63) is 0 Å². The van der Waals surface area contributed by atoms with Gasteiger partial charge in [0.25, 0.3) is 0 Å². The summed E-state index contributed by atoms with van der Waals surface area (Å²) in [5.74, 6) is 0. The summed E-state index contributed by atoms with van der Waals surface area (Å²) in [5, 5.41) is 1.26. The van der Waals surface area contributed by atoms with Crippen molar-refractivity contribution in [1.82, 2.24) is 0 Å². The average Bonchev–Trinajstić information content (AvgIpc) is 2.00. The Morgan fingerprint density at radius 1 is 1.33 bits per heavy atom. The van der Waals surface area contributed by atoms with Gasteiger partial charge in [-0.25, -0.2) is 0 Å². The van der Waals surface area contributed by atoms with Gasteiger partial charge in [-0.2, -0.15) is 0 Å². The zero-order valence-corrected chi connectivity index (χ0v) is 10.3. The summed E-state index contributed by atoms with van der Waals surface area (Å²) < 4.78 is 5.93. The number of unbranched alkanes of at least 4 members (excludes halogenated alkanes) is 1. The third-order valence-corrected chi connectivity index (χ3v) is 2.88. The first kappa shape index (κ1) is 12.8. The van der Waals surface area contributed by atoms with E-state index in [-0.39, 0.29) is 0 Å². The molecule has 0 heterocycles. The first-order valence-electron chi connectivity index (χ1n) is 5.36. The predicted octanol–water partition coefficient (Wildman–Crippen LogP) is 2.52. The summed E-state index contributed by atoms with van der Waals surface area (Å²) in [6.07, 6.45) is 5.72. The minimum absolute atomic E-state index is 0.571. The first-order valence-corrected chi connectivity index (χ1v) is 8.14. The summed E-state index contributed by atoms with van der Waals surface area (Å²) in [7, 11) is -0.803. The van der Waals surface area contributed by atoms with Crippen LogP contribution in [-0.4, -0.2) is 32.9 Å². The van der Waals surface area contributed by atoms with Gasteiger partial charge in [-0.05, 0) is 0 Å². The van der Waals surface area contributed by atoms with Gasteiger partial charge in [0.15, 0.2) is 0 Å². The van der Waals surface area contributed by atoms with Crippen molar-refractivity contribution in [2.24, 2.45) is 0 Å². The van der Waals surface area contributed by atoms with Crippen LogP contribution in [0, 0.1) is 0 Å². The number of hydrogen-bond acceptors (Lipinski definition) is 1. The number of rotatable bonds is 7. The van der Waals surface area contributed by atoms with Crippen molar-refractivity contribution < 1.29 is 4.43 Å². The second-order valence-corrected chi connectivity index (χ2v) is 6.11. The van der Waals surface area contributed by atoms with Gasteiger partial charge in [0.2, 0.25) is 0 Å². The van der Waals surface area contributed by atoms with Crippen LogP contribution in [0.5, 0.6) is 0 Å². The van der Waals surface area contributed by atoms with Crippen LogP contribution >= 0.6 is 0 Å². The zero-order valence-electron chi connectivity index (χ0n) is 9.10. The molecule has 0 aromatic rings. The van der Waals surface area contributed by atoms with E-state index in [1.54, 1.807) is 0 Å². The molecule has 0 radical (unpaired) electrons. The summed E-state index contributed by atoms with van der Waals surface area (Å²) in [4.78, 5) is 0. The molecule has 0 aliphatic rings. The fourth-order valence-corrected chi connectivity index (χ4v) is 2.46. The molecular weight excluding hydrogens is 159 g/mol. The molecular formula is C9H21LiOSi. The van der Waals surface area contributed by atoms with Gasteiger partial charge in [0.05, 0.1) is 0 Å². The van der Waals surface area contributed by atoms with Crippen LogP contribution in [0.1, 0.15) is 32.6 Å². The normalized spacial score (nSPS) is 13.8. The fourth-order valence-electron chi connectivity index (χ4n) is 1.42. The van der Waals surface area contributed by atoms with E-state index in [1.807, 2.05) is 0 Å². The van der Waals surface area contributed by atoms with Crippen LogP contribution in [0.4, 0.5) is 0 Å². The molecule has 0 aromatic heterocycles. The molecule has 0 fully saturated rings. The van der Waals surface area contributed by atoms with E-state index in [9.17, 15) is 0 Å². The van der Waals surface area contributed by atoms with Crippen LogP contribution < -0.4 is 0 Å². The molecule has 0 saturated carbocycles. The maximum absolute atomic E-state index is 5.93. The zero-order chi connectivity index (χ0) is 9.40. The maximum atomic E-state index is 5.93. The third kappa shape index (κ3) is 7.42. The van der Waals surface area contributed by atoms with Crippen LogP contribution in [0.15, 0.2) is 0 Å². The van der Waals surface area contributed by atoms with Crippen LogP contribution in [-0.2, 0) is 4.43 Å². The molecule has 0 saturated heterocycles. The van der Waals surface area contributed by atoms with Crippen molar-refractivity contribution in [3.8, 4) is 0 Å². The van der Waals surface area contributed by atoms with Gasteiger partial charge >= 0.3 is 88.1 Å². The second kappa shape index (κ2) is 8.38. The molecule has 12 heavy (non-hydrogen) atoms. The monoisotopic (exact) mass is 180 g/mol. The van der Waals surface area contributed by atoms with Crippen molar-refractivity contribution in [2.45, 2.75) is 56.9 Å². The van der Waals surface area contributed by atoms with Crippen LogP contribution in [0.25, 0.3) is 0 Å². The van der Waals surface area contributed by atoms with Gasteiger partial charge in [-0.15, -0.1) is 0 Å². The third-order valence-electron chi connectivity index (χ3n) is 1.95. The minimum atomic E-state index is -0.803. The molecule has 0 bridgehead atoms. The summed E-state index contributed by atoms with van der Waals surface area (Å²) in [6, 6.07) is 0. The molecule has 1 atom stereocenters. The molecule has 0 aliphatic carbocycles. The van der Waals surface area contributed by atoms with E-state index in [1.165, 1.54) is 30.8 Å². The molecule has 1 nitrogen and oxygen atoms in total. The molecule has 0 amide bonds. The Labute approximate surface area is 88.2 Å². The standard InChI is InChI=1S/C9H21OSi.Li/c1-5-7-8-9(6-2)10-11(3)4;/h9,11H,2,5-8H2,1,3-4H3;. The Hall–Kier alpha value is 0.774. The van der Waals surface area contributed by atoms with Gasteiger partial charge in [0.1, 0.15) is 0 Å². The molecule has 1 unspecified atom stereocenters. The van der Waals surface area contributed by atoms with Gasteiger partial charge < -0.3 is 0 Å². The van der Waals surface area contributed by atoms with E-state index >= 15 is 0 Å². The predicted molar refractivity (Wildman–Crippen MR) is 58.5 cm³/mol. The molecule has 68 valence electrons. The SMILES string of the molecule is [Li][CH2]CC(CCCC)O[SiH](C)C. The molecule has 0 N–H and O–H groups in total. The topological polar surface area (TPSA) is 9.23 Å². The van der Waals surface area contributed by atoms with Crippen molar-refractivity contribution in [1.29, 1.82) is 0 Å². The fraction of sp³-hybridized carbons (Fsp3) is 1.00. The molecule has 0 spiro atoms. The van der Waals surface area contributed by atoms with Gasteiger partial charge in [-0.1, -0.05) is 0 Å². The quantitative estimate of drug-likeness (QED) is 0.547. The number of hydrogen-bond donors (Lipinski definition) is 0. The van der Waals surface area contributed by atoms with Gasteiger partial charge in [-0.3, -0.25) is 0 Å². The van der Waals surface area contributed by atoms with E-state index in [0.717, 1.165) is 0 Å². The molecule has 0 aromatic carbocycles. The Morgan fingerprint density at radius 3 is 2.42 bits per heavy atom. The summed E-state index contributed by atoms with van der Waals surface area (Å²) in [5.41, 5.74) is 0. The van der Waals surface area contributed by atoms with E-state index in [2.05, 4.69) is 37.7 Å². The van der Waals surface area contributed by atoms with Crippen molar-refractivity contribution >= 4 is 26.8 Å². The first-order chi connectivity index (χ1) is 5.70. The Morgan fingerprint density at radius 2 is 2.00 bits per heavy atom. The van der Waals surface area contributed by atoms with Crippen molar-refractivity contribution in [2.75, 3.05) is 0 Å². The van der Waals surface area contributed by atoms with Crippen molar-refractivity contribution in [3.63, 3.8) is 0 Å².